The zero-order chi connectivity index (χ0) is 16.5. The average molecular weight is 317 g/mol. The molecule has 1 heterocycles. The number of nitrogens with zero attached hydrogens (tertiary/aromatic N) is 1. The Labute approximate surface area is 136 Å². The maximum atomic E-state index is 14.2. The van der Waals surface area contributed by atoms with E-state index in [1.807, 2.05) is 11.0 Å². The molecule has 1 aromatic carbocycles. The number of allylic oxidation sites excluding steroid dienone is 1. The maximum Gasteiger partial charge on any atom is 0.233 e. The monoisotopic (exact) mass is 317 g/mol. The molecule has 124 valence electrons. The first-order chi connectivity index (χ1) is 11.1. The molecule has 1 aromatic rings. The number of amides is 1. The summed E-state index contributed by atoms with van der Waals surface area (Å²) < 4.78 is 14.2. The van der Waals surface area contributed by atoms with Crippen LogP contribution in [-0.4, -0.2) is 35.6 Å². The fraction of sp³-hybridized carbons (Fsp3) is 0.526. The molecular weight excluding hydrogens is 293 g/mol. The predicted molar refractivity (Wildman–Crippen MR) is 87.5 cm³/mol. The Morgan fingerprint density at radius 2 is 2.09 bits per heavy atom. The number of benzene rings is 1. The Balaban J connectivity index is 1.83. The van der Waals surface area contributed by atoms with Crippen molar-refractivity contribution >= 4 is 5.91 Å². The van der Waals surface area contributed by atoms with Gasteiger partial charge in [-0.25, -0.2) is 4.39 Å². The number of carbonyl (C=O) groups excluding carboxylic acids is 1. The highest BCUT2D eigenvalue weighted by atomic mass is 19.1. The minimum atomic E-state index is -0.682. The summed E-state index contributed by atoms with van der Waals surface area (Å²) in [5, 5.41) is 9.81. The zero-order valence-electron chi connectivity index (χ0n) is 13.4. The molecule has 1 amide bonds. The van der Waals surface area contributed by atoms with E-state index < -0.39 is 5.41 Å². The summed E-state index contributed by atoms with van der Waals surface area (Å²) in [7, 11) is 0. The van der Waals surface area contributed by atoms with Gasteiger partial charge in [-0.1, -0.05) is 24.3 Å². The summed E-state index contributed by atoms with van der Waals surface area (Å²) in [6, 6.07) is 6.60. The summed E-state index contributed by atoms with van der Waals surface area (Å²) in [5.74, 6) is -0.279. The molecule has 0 bridgehead atoms. The fourth-order valence-corrected chi connectivity index (χ4v) is 3.92. The topological polar surface area (TPSA) is 40.5 Å². The first kappa shape index (κ1) is 16.2. The third kappa shape index (κ3) is 2.80. The molecule has 4 heteroatoms. The number of hydrogen-bond donors (Lipinski definition) is 1. The zero-order valence-corrected chi connectivity index (χ0v) is 13.4. The highest BCUT2D eigenvalue weighted by Gasteiger charge is 2.55. The van der Waals surface area contributed by atoms with Gasteiger partial charge in [-0.05, 0) is 38.2 Å². The van der Waals surface area contributed by atoms with E-state index in [2.05, 4.69) is 6.58 Å². The summed E-state index contributed by atoms with van der Waals surface area (Å²) >= 11 is 0. The van der Waals surface area contributed by atoms with Gasteiger partial charge in [0.2, 0.25) is 5.91 Å². The van der Waals surface area contributed by atoms with Crippen molar-refractivity contribution in [1.29, 1.82) is 0 Å². The lowest BCUT2D eigenvalue weighted by atomic mass is 9.77. The number of aliphatic hydroxyl groups excluding tert-OH is 1. The van der Waals surface area contributed by atoms with Gasteiger partial charge in [0.25, 0.3) is 0 Å². The van der Waals surface area contributed by atoms with Crippen molar-refractivity contribution in [3.05, 3.63) is 48.3 Å². The summed E-state index contributed by atoms with van der Waals surface area (Å²) in [4.78, 5) is 14.9. The number of rotatable bonds is 5. The van der Waals surface area contributed by atoms with Gasteiger partial charge in [0.05, 0.1) is 12.0 Å². The van der Waals surface area contributed by atoms with Gasteiger partial charge >= 0.3 is 0 Å². The van der Waals surface area contributed by atoms with Crippen LogP contribution in [0.1, 0.15) is 37.7 Å². The van der Waals surface area contributed by atoms with E-state index in [4.69, 9.17) is 0 Å². The Bertz CT molecular complexity index is 611. The van der Waals surface area contributed by atoms with Crippen LogP contribution in [0.5, 0.6) is 0 Å². The van der Waals surface area contributed by atoms with Gasteiger partial charge < -0.3 is 10.0 Å². The Morgan fingerprint density at radius 3 is 2.70 bits per heavy atom. The van der Waals surface area contributed by atoms with Gasteiger partial charge in [-0.2, -0.15) is 0 Å². The van der Waals surface area contributed by atoms with Gasteiger partial charge in [-0.3, -0.25) is 4.79 Å². The van der Waals surface area contributed by atoms with Crippen molar-refractivity contribution in [2.45, 2.75) is 37.5 Å². The van der Waals surface area contributed by atoms with Gasteiger partial charge in [0, 0.05) is 24.1 Å². The molecule has 1 aliphatic carbocycles. The molecule has 1 aliphatic heterocycles. The molecule has 2 fully saturated rings. The molecule has 0 aromatic heterocycles. The number of hydrogen-bond acceptors (Lipinski definition) is 2. The van der Waals surface area contributed by atoms with E-state index in [1.165, 1.54) is 6.07 Å². The van der Waals surface area contributed by atoms with Crippen molar-refractivity contribution in [3.63, 3.8) is 0 Å². The minimum absolute atomic E-state index is 0.0178. The number of halogens is 1. The average Bonchev–Trinajstić information content (AvgIpc) is 3.37. The van der Waals surface area contributed by atoms with Crippen LogP contribution in [0.25, 0.3) is 0 Å². The highest BCUT2D eigenvalue weighted by Crippen LogP contribution is 2.51. The second kappa shape index (κ2) is 6.08. The van der Waals surface area contributed by atoms with Crippen LogP contribution < -0.4 is 0 Å². The van der Waals surface area contributed by atoms with Crippen LogP contribution in [-0.2, 0) is 10.2 Å². The third-order valence-corrected chi connectivity index (χ3v) is 5.41. The van der Waals surface area contributed by atoms with Gasteiger partial charge in [0.15, 0.2) is 0 Å². The van der Waals surface area contributed by atoms with Crippen molar-refractivity contribution in [1.82, 2.24) is 4.90 Å². The molecule has 0 unspecified atom stereocenters. The van der Waals surface area contributed by atoms with Crippen LogP contribution in [0.3, 0.4) is 0 Å². The molecule has 0 spiro atoms. The van der Waals surface area contributed by atoms with E-state index in [9.17, 15) is 14.3 Å². The van der Waals surface area contributed by atoms with Crippen molar-refractivity contribution in [2.75, 3.05) is 19.7 Å². The Morgan fingerprint density at radius 1 is 1.35 bits per heavy atom. The summed E-state index contributed by atoms with van der Waals surface area (Å²) in [6.45, 7) is 5.05. The molecular formula is C19H24FNO2. The molecule has 2 aliphatic rings. The van der Waals surface area contributed by atoms with Crippen LogP contribution in [0.4, 0.5) is 4.39 Å². The van der Waals surface area contributed by atoms with E-state index in [0.29, 0.717) is 37.9 Å². The fourth-order valence-electron chi connectivity index (χ4n) is 3.92. The lowest BCUT2D eigenvalue weighted by Crippen LogP contribution is -2.50. The highest BCUT2D eigenvalue weighted by molar-refractivity contribution is 5.91. The first-order valence-electron chi connectivity index (χ1n) is 8.33. The smallest absolute Gasteiger partial charge is 0.233 e. The van der Waals surface area contributed by atoms with Crippen LogP contribution in [0, 0.1) is 11.2 Å². The first-order valence-corrected chi connectivity index (χ1v) is 8.33. The molecule has 23 heavy (non-hydrogen) atoms. The number of likely N-dealkylation sites (tertiary alicyclic amines) is 1. The number of piperidine rings is 1. The van der Waals surface area contributed by atoms with Crippen molar-refractivity contribution < 1.29 is 14.3 Å². The summed E-state index contributed by atoms with van der Waals surface area (Å²) in [6.07, 6.45) is 5.68. The van der Waals surface area contributed by atoms with E-state index in [-0.39, 0.29) is 23.7 Å². The normalized spacial score (nSPS) is 25.9. The van der Waals surface area contributed by atoms with Gasteiger partial charge in [-0.15, -0.1) is 6.58 Å². The Kier molecular flexibility index (Phi) is 4.28. The van der Waals surface area contributed by atoms with Crippen LogP contribution in [0.2, 0.25) is 0 Å². The molecule has 1 N–H and O–H groups in total. The third-order valence-electron chi connectivity index (χ3n) is 5.41. The molecule has 0 radical (unpaired) electrons. The predicted octanol–water partition coefficient (Wildman–Crippen LogP) is 3.03. The van der Waals surface area contributed by atoms with E-state index >= 15 is 0 Å². The largest absolute Gasteiger partial charge is 0.396 e. The second-order valence-corrected chi connectivity index (χ2v) is 7.04. The second-order valence-electron chi connectivity index (χ2n) is 7.04. The number of carbonyl (C=O) groups is 1. The van der Waals surface area contributed by atoms with E-state index in [1.54, 1.807) is 18.2 Å². The summed E-state index contributed by atoms with van der Waals surface area (Å²) in [5.41, 5.74) is -0.451. The SMILES string of the molecule is C=CC[C@@]1(CO)CCCN(C(=O)C2(c3ccccc3F)CC2)C1. The van der Waals surface area contributed by atoms with Crippen molar-refractivity contribution in [3.8, 4) is 0 Å². The number of aliphatic hydroxyl groups is 1. The molecule has 3 nitrogen and oxygen atoms in total. The van der Waals surface area contributed by atoms with Crippen LogP contribution in [0.15, 0.2) is 36.9 Å². The maximum absolute atomic E-state index is 14.2. The quantitative estimate of drug-likeness (QED) is 0.848. The van der Waals surface area contributed by atoms with E-state index in [0.717, 1.165) is 12.8 Å². The molecule has 1 saturated heterocycles. The standard InChI is InChI=1S/C19H24FNO2/c1-2-8-18(14-22)9-5-12-21(13-18)17(23)19(10-11-19)15-6-3-4-7-16(15)20/h2-4,6-7,22H,1,5,8-14H2/t18-/m1/s1. The van der Waals surface area contributed by atoms with Crippen molar-refractivity contribution in [2.24, 2.45) is 5.41 Å². The lowest BCUT2D eigenvalue weighted by molar-refractivity contribution is -0.138. The lowest BCUT2D eigenvalue weighted by Gasteiger charge is -2.42. The molecule has 1 saturated carbocycles. The molecule has 3 rings (SSSR count). The van der Waals surface area contributed by atoms with Crippen LogP contribution >= 0.6 is 0 Å². The Hall–Kier alpha value is -1.68. The molecule has 1 atom stereocenters. The minimum Gasteiger partial charge on any atom is -0.396 e. The van der Waals surface area contributed by atoms with Gasteiger partial charge in [0.1, 0.15) is 5.82 Å².